The fourth-order valence-electron chi connectivity index (χ4n) is 4.18. The largest absolute Gasteiger partial charge is 0.356 e. The van der Waals surface area contributed by atoms with Crippen molar-refractivity contribution in [3.8, 4) is 0 Å². The van der Waals surface area contributed by atoms with E-state index >= 15 is 0 Å². The predicted octanol–water partition coefficient (Wildman–Crippen LogP) is 3.54. The lowest BCUT2D eigenvalue weighted by atomic mass is 10.1. The lowest BCUT2D eigenvalue weighted by molar-refractivity contribution is 0.221. The van der Waals surface area contributed by atoms with Gasteiger partial charge in [0, 0.05) is 45.5 Å². The average molecular weight is 419 g/mol. The van der Waals surface area contributed by atoms with Gasteiger partial charge in [-0.2, -0.15) is 0 Å². The van der Waals surface area contributed by atoms with Gasteiger partial charge in [0.1, 0.15) is 5.65 Å². The van der Waals surface area contributed by atoms with Crippen molar-refractivity contribution in [1.82, 2.24) is 24.9 Å². The minimum atomic E-state index is 0.761. The molecule has 1 fully saturated rings. The molecule has 3 heterocycles. The number of rotatable bonds is 7. The first-order valence-electron chi connectivity index (χ1n) is 11.4. The van der Waals surface area contributed by atoms with Crippen LogP contribution in [0.4, 0.5) is 0 Å². The van der Waals surface area contributed by atoms with Crippen molar-refractivity contribution in [2.45, 2.75) is 45.7 Å². The van der Waals surface area contributed by atoms with Crippen LogP contribution in [-0.2, 0) is 19.5 Å². The molecule has 2 aromatic heterocycles. The summed E-state index contributed by atoms with van der Waals surface area (Å²) in [5, 5.41) is 6.81. The number of nitrogens with one attached hydrogen (secondary N) is 2. The second kappa shape index (κ2) is 10.4. The Morgan fingerprint density at radius 3 is 2.55 bits per heavy atom. The van der Waals surface area contributed by atoms with Crippen LogP contribution in [0.15, 0.2) is 53.8 Å². The number of hydrogen-bond acceptors (Lipinski definition) is 3. The maximum absolute atomic E-state index is 4.74. The van der Waals surface area contributed by atoms with Gasteiger partial charge in [0.05, 0.1) is 5.69 Å². The highest BCUT2D eigenvalue weighted by atomic mass is 15.2. The van der Waals surface area contributed by atoms with E-state index in [-0.39, 0.29) is 0 Å². The number of hydrogen-bond donors (Lipinski definition) is 2. The topological polar surface area (TPSA) is 57.0 Å². The Morgan fingerprint density at radius 1 is 1.03 bits per heavy atom. The number of benzene rings is 1. The van der Waals surface area contributed by atoms with Crippen LogP contribution in [0.2, 0.25) is 0 Å². The Kier molecular flexibility index (Phi) is 7.20. The molecule has 0 aliphatic carbocycles. The van der Waals surface area contributed by atoms with E-state index in [1.54, 1.807) is 0 Å². The molecule has 6 nitrogen and oxygen atoms in total. The Labute approximate surface area is 185 Å². The quantitative estimate of drug-likeness (QED) is 0.455. The van der Waals surface area contributed by atoms with Crippen molar-refractivity contribution in [3.63, 3.8) is 0 Å². The zero-order chi connectivity index (χ0) is 21.5. The number of aryl methyl sites for hydroxylation is 1. The molecule has 0 spiro atoms. The highest BCUT2D eigenvalue weighted by molar-refractivity contribution is 5.79. The summed E-state index contributed by atoms with van der Waals surface area (Å²) in [5.74, 6) is 0.817. The predicted molar refractivity (Wildman–Crippen MR) is 127 cm³/mol. The van der Waals surface area contributed by atoms with Crippen LogP contribution in [0.3, 0.4) is 0 Å². The number of piperidine rings is 1. The molecule has 0 saturated carbocycles. The Balaban J connectivity index is 1.22. The van der Waals surface area contributed by atoms with Crippen molar-refractivity contribution in [2.24, 2.45) is 4.99 Å². The molecule has 1 saturated heterocycles. The molecule has 6 heteroatoms. The van der Waals surface area contributed by atoms with Crippen molar-refractivity contribution >= 4 is 11.6 Å². The minimum absolute atomic E-state index is 0.761. The van der Waals surface area contributed by atoms with E-state index in [0.29, 0.717) is 0 Å². The number of pyridine rings is 1. The number of fused-ring (bicyclic) bond motifs is 1. The monoisotopic (exact) mass is 418 g/mol. The van der Waals surface area contributed by atoms with Crippen LogP contribution in [-0.4, -0.2) is 46.9 Å². The third kappa shape index (κ3) is 5.85. The molecule has 0 amide bonds. The van der Waals surface area contributed by atoms with E-state index in [0.717, 1.165) is 43.4 Å². The number of likely N-dealkylation sites (tertiary alicyclic amines) is 1. The average Bonchev–Trinajstić information content (AvgIpc) is 3.22. The highest BCUT2D eigenvalue weighted by Gasteiger charge is 2.10. The summed E-state index contributed by atoms with van der Waals surface area (Å²) in [5.41, 5.74) is 5.98. The molecule has 1 aliphatic heterocycles. The van der Waals surface area contributed by atoms with Gasteiger partial charge < -0.3 is 15.0 Å². The van der Waals surface area contributed by atoms with E-state index in [4.69, 9.17) is 4.98 Å². The molecule has 4 rings (SSSR count). The molecule has 0 bridgehead atoms. The van der Waals surface area contributed by atoms with Gasteiger partial charge in [-0.15, -0.1) is 0 Å². The van der Waals surface area contributed by atoms with Crippen LogP contribution in [0.5, 0.6) is 0 Å². The van der Waals surface area contributed by atoms with Crippen molar-refractivity contribution < 1.29 is 0 Å². The summed E-state index contributed by atoms with van der Waals surface area (Å²) in [6, 6.07) is 13.1. The molecule has 2 N–H and O–H groups in total. The molecule has 164 valence electrons. The second-order valence-electron chi connectivity index (χ2n) is 8.41. The molecular weight excluding hydrogens is 384 g/mol. The molecule has 0 radical (unpaired) electrons. The van der Waals surface area contributed by atoms with E-state index in [1.807, 2.05) is 13.2 Å². The number of aromatic nitrogens is 2. The van der Waals surface area contributed by atoms with Gasteiger partial charge in [0.15, 0.2) is 5.96 Å². The van der Waals surface area contributed by atoms with Crippen LogP contribution in [0.25, 0.3) is 5.65 Å². The van der Waals surface area contributed by atoms with Crippen LogP contribution in [0, 0.1) is 6.92 Å². The van der Waals surface area contributed by atoms with Crippen LogP contribution < -0.4 is 10.6 Å². The van der Waals surface area contributed by atoms with Gasteiger partial charge in [-0.3, -0.25) is 9.89 Å². The van der Waals surface area contributed by atoms with E-state index in [1.165, 1.54) is 49.0 Å². The second-order valence-corrected chi connectivity index (χ2v) is 8.41. The zero-order valence-corrected chi connectivity index (χ0v) is 18.8. The molecule has 3 aromatic rings. The molecular formula is C25H34N6. The van der Waals surface area contributed by atoms with Gasteiger partial charge in [0.2, 0.25) is 0 Å². The lowest BCUT2D eigenvalue weighted by Crippen LogP contribution is -2.37. The van der Waals surface area contributed by atoms with E-state index in [2.05, 4.69) is 74.4 Å². The first kappa shape index (κ1) is 21.4. The Hall–Kier alpha value is -2.86. The maximum atomic E-state index is 4.74. The summed E-state index contributed by atoms with van der Waals surface area (Å²) in [6.07, 6.45) is 9.06. The number of aliphatic imine (C=N–C) groups is 1. The third-order valence-electron chi connectivity index (χ3n) is 5.96. The number of imidazole rings is 1. The van der Waals surface area contributed by atoms with Crippen molar-refractivity contribution in [3.05, 3.63) is 71.2 Å². The van der Waals surface area contributed by atoms with Gasteiger partial charge >= 0.3 is 0 Å². The fraction of sp³-hybridized carbons (Fsp3) is 0.440. The van der Waals surface area contributed by atoms with Gasteiger partial charge in [-0.25, -0.2) is 4.98 Å². The van der Waals surface area contributed by atoms with Gasteiger partial charge in [-0.1, -0.05) is 36.8 Å². The van der Waals surface area contributed by atoms with E-state index in [9.17, 15) is 0 Å². The summed E-state index contributed by atoms with van der Waals surface area (Å²) < 4.78 is 2.09. The summed E-state index contributed by atoms with van der Waals surface area (Å²) >= 11 is 0. The molecule has 0 unspecified atom stereocenters. The molecule has 1 aromatic carbocycles. The Morgan fingerprint density at radius 2 is 1.81 bits per heavy atom. The lowest BCUT2D eigenvalue weighted by Gasteiger charge is -2.26. The maximum Gasteiger partial charge on any atom is 0.191 e. The van der Waals surface area contributed by atoms with Gasteiger partial charge in [0.25, 0.3) is 0 Å². The summed E-state index contributed by atoms with van der Waals surface area (Å²) in [4.78, 5) is 11.6. The normalized spacial score (nSPS) is 15.4. The summed E-state index contributed by atoms with van der Waals surface area (Å²) in [6.45, 7) is 7.18. The van der Waals surface area contributed by atoms with Crippen LogP contribution >= 0.6 is 0 Å². The Bertz CT molecular complexity index is 999. The van der Waals surface area contributed by atoms with Crippen molar-refractivity contribution in [2.75, 3.05) is 26.7 Å². The smallest absolute Gasteiger partial charge is 0.191 e. The molecule has 0 atom stereocenters. The first-order chi connectivity index (χ1) is 15.2. The summed E-state index contributed by atoms with van der Waals surface area (Å²) in [7, 11) is 1.81. The first-order valence-corrected chi connectivity index (χ1v) is 11.4. The molecule has 1 aliphatic rings. The standard InChI is InChI=1S/C25H34N6/c1-20-7-6-16-31-19-23(29-24(20)31)12-13-27-25(26-2)28-17-21-8-10-22(11-9-21)18-30-14-4-3-5-15-30/h6-11,16,19H,3-5,12-15,17-18H2,1-2H3,(H2,26,27,28). The fourth-order valence-corrected chi connectivity index (χ4v) is 4.18. The van der Waals surface area contributed by atoms with E-state index < -0.39 is 0 Å². The molecule has 31 heavy (non-hydrogen) atoms. The minimum Gasteiger partial charge on any atom is -0.356 e. The van der Waals surface area contributed by atoms with Crippen molar-refractivity contribution in [1.29, 1.82) is 0 Å². The SMILES string of the molecule is CN=C(NCCc1cn2cccc(C)c2n1)NCc1ccc(CN2CCCCC2)cc1. The number of nitrogens with zero attached hydrogens (tertiary/aromatic N) is 4. The van der Waals surface area contributed by atoms with Gasteiger partial charge in [-0.05, 0) is 55.6 Å². The highest BCUT2D eigenvalue weighted by Crippen LogP contribution is 2.14. The number of guanidine groups is 1. The van der Waals surface area contributed by atoms with Crippen LogP contribution in [0.1, 0.15) is 41.6 Å². The zero-order valence-electron chi connectivity index (χ0n) is 18.8. The third-order valence-corrected chi connectivity index (χ3v) is 5.96.